The third-order valence-electron chi connectivity index (χ3n) is 5.53. The molecule has 0 bridgehead atoms. The molecule has 3 rings (SSSR count). The minimum absolute atomic E-state index is 0.0180. The molecule has 0 aromatic heterocycles. The minimum atomic E-state index is -4.89. The van der Waals surface area contributed by atoms with Crippen molar-refractivity contribution in [2.45, 2.75) is 25.9 Å². The van der Waals surface area contributed by atoms with Crippen molar-refractivity contribution < 1.29 is 46.5 Å². The molecule has 0 aliphatic carbocycles. The molecule has 42 heavy (non-hydrogen) atoms. The molecular formula is C28H29F3N4O7. The number of hydrogen-bond acceptors (Lipinski definition) is 7. The van der Waals surface area contributed by atoms with Crippen molar-refractivity contribution in [2.24, 2.45) is 5.73 Å². The zero-order chi connectivity index (χ0) is 30.5. The first kappa shape index (κ1) is 31.4. The maximum absolute atomic E-state index is 12.6. The Kier molecular flexibility index (Phi) is 11.2. The topological polar surface area (TPSA) is 150 Å². The predicted molar refractivity (Wildman–Crippen MR) is 145 cm³/mol. The van der Waals surface area contributed by atoms with Crippen LogP contribution >= 0.6 is 0 Å². The molecule has 0 aliphatic rings. The molecule has 0 saturated carbocycles. The highest BCUT2D eigenvalue weighted by Gasteiger charge is 2.31. The Morgan fingerprint density at radius 3 is 2.36 bits per heavy atom. The number of alkyl halides is 3. The monoisotopic (exact) mass is 590 g/mol. The van der Waals surface area contributed by atoms with Gasteiger partial charge in [-0.05, 0) is 42.3 Å². The first-order valence-corrected chi connectivity index (χ1v) is 12.5. The van der Waals surface area contributed by atoms with E-state index in [1.807, 2.05) is 0 Å². The van der Waals surface area contributed by atoms with Crippen molar-refractivity contribution in [3.8, 4) is 17.2 Å². The van der Waals surface area contributed by atoms with Crippen LogP contribution in [0.1, 0.15) is 27.9 Å². The van der Waals surface area contributed by atoms with Crippen molar-refractivity contribution in [3.05, 3.63) is 83.4 Å². The van der Waals surface area contributed by atoms with Crippen LogP contribution in [0.5, 0.6) is 17.2 Å². The Bertz CT molecular complexity index is 1370. The van der Waals surface area contributed by atoms with Gasteiger partial charge in [0.15, 0.2) is 0 Å². The highest BCUT2D eigenvalue weighted by Crippen LogP contribution is 2.32. The van der Waals surface area contributed by atoms with Gasteiger partial charge in [-0.3, -0.25) is 4.79 Å². The van der Waals surface area contributed by atoms with Crippen LogP contribution in [-0.2, 0) is 17.9 Å². The Hall–Kier alpha value is -5.14. The lowest BCUT2D eigenvalue weighted by Gasteiger charge is -2.15. The summed E-state index contributed by atoms with van der Waals surface area (Å²) in [5.74, 6) is -0.163. The fourth-order valence-electron chi connectivity index (χ4n) is 3.58. The molecule has 0 spiro atoms. The normalized spacial score (nSPS) is 10.8. The van der Waals surface area contributed by atoms with Gasteiger partial charge in [0.2, 0.25) is 0 Å². The average molecular weight is 591 g/mol. The van der Waals surface area contributed by atoms with E-state index >= 15 is 0 Å². The largest absolute Gasteiger partial charge is 0.573 e. The lowest BCUT2D eigenvalue weighted by atomic mass is 10.1. The van der Waals surface area contributed by atoms with E-state index in [2.05, 4.69) is 25.4 Å². The number of nitrogens with two attached hydrogens (primary N) is 1. The number of carbonyl (C=O) groups is 3. The van der Waals surface area contributed by atoms with Crippen LogP contribution in [-0.4, -0.2) is 44.7 Å². The lowest BCUT2D eigenvalue weighted by Crippen LogP contribution is -2.28. The molecule has 0 atom stereocenters. The summed E-state index contributed by atoms with van der Waals surface area (Å²) >= 11 is 0. The molecule has 5 N–H and O–H groups in total. The molecule has 0 saturated heterocycles. The summed E-state index contributed by atoms with van der Waals surface area (Å²) < 4.78 is 57.2. The second kappa shape index (κ2) is 15.0. The van der Waals surface area contributed by atoms with Crippen LogP contribution in [0.3, 0.4) is 0 Å². The highest BCUT2D eigenvalue weighted by molar-refractivity contribution is 5.94. The number of methoxy groups -OCH3 is 1. The Morgan fingerprint density at radius 2 is 1.67 bits per heavy atom. The maximum atomic E-state index is 12.6. The van der Waals surface area contributed by atoms with Crippen LogP contribution in [0.4, 0.5) is 28.4 Å². The molecule has 224 valence electrons. The summed E-state index contributed by atoms with van der Waals surface area (Å²) in [6.45, 7) is 0.647. The zero-order valence-corrected chi connectivity index (χ0v) is 22.5. The maximum Gasteiger partial charge on any atom is 0.573 e. The number of carbonyl (C=O) groups excluding carboxylic acids is 3. The van der Waals surface area contributed by atoms with Gasteiger partial charge >= 0.3 is 18.5 Å². The van der Waals surface area contributed by atoms with Crippen LogP contribution < -0.4 is 35.9 Å². The molecule has 0 radical (unpaired) electrons. The molecule has 4 amide bonds. The Labute approximate surface area is 239 Å². The standard InChI is InChI=1S/C28H29F3N4O7/c1-39-24-12-11-21(42-28(29,30)31)15-22(24)35-27(38)34-16-20-5-2-3-6-23(20)41-17-18-7-9-19(10-8-18)25(36)33-13-4-14-40-26(32)37/h2-3,5-12,15H,4,13-14,16-17H2,1H3,(H2,32,37)(H,33,36)(H2,34,35,38). The van der Waals surface area contributed by atoms with E-state index in [-0.39, 0.29) is 37.1 Å². The van der Waals surface area contributed by atoms with Gasteiger partial charge in [0.25, 0.3) is 5.91 Å². The first-order chi connectivity index (χ1) is 20.0. The van der Waals surface area contributed by atoms with Gasteiger partial charge in [-0.15, -0.1) is 13.2 Å². The average Bonchev–Trinajstić information content (AvgIpc) is 2.94. The van der Waals surface area contributed by atoms with E-state index < -0.39 is 24.2 Å². The SMILES string of the molecule is COc1ccc(OC(F)(F)F)cc1NC(=O)NCc1ccccc1OCc1ccc(C(=O)NCCCOC(N)=O)cc1. The number of primary amides is 1. The van der Waals surface area contributed by atoms with Crippen molar-refractivity contribution >= 4 is 23.7 Å². The number of ether oxygens (including phenoxy) is 4. The number of amides is 4. The number of halogens is 3. The van der Waals surface area contributed by atoms with Crippen molar-refractivity contribution in [1.82, 2.24) is 10.6 Å². The summed E-state index contributed by atoms with van der Waals surface area (Å²) in [5, 5.41) is 7.80. The van der Waals surface area contributed by atoms with Crippen molar-refractivity contribution in [3.63, 3.8) is 0 Å². The van der Waals surface area contributed by atoms with E-state index in [1.54, 1.807) is 48.5 Å². The molecule has 0 fully saturated rings. The lowest BCUT2D eigenvalue weighted by molar-refractivity contribution is -0.274. The van der Waals surface area contributed by atoms with Crippen LogP contribution in [0.15, 0.2) is 66.7 Å². The van der Waals surface area contributed by atoms with E-state index in [9.17, 15) is 27.6 Å². The molecule has 11 nitrogen and oxygen atoms in total. The number of anilines is 1. The number of para-hydroxylation sites is 1. The van der Waals surface area contributed by atoms with E-state index in [4.69, 9.17) is 15.2 Å². The highest BCUT2D eigenvalue weighted by atomic mass is 19.4. The van der Waals surface area contributed by atoms with Crippen molar-refractivity contribution in [1.29, 1.82) is 0 Å². The predicted octanol–water partition coefficient (Wildman–Crippen LogP) is 4.71. The number of nitrogens with one attached hydrogen (secondary N) is 3. The number of hydrogen-bond donors (Lipinski definition) is 4. The van der Waals surface area contributed by atoms with Crippen LogP contribution in [0, 0.1) is 0 Å². The van der Waals surface area contributed by atoms with Crippen molar-refractivity contribution in [2.75, 3.05) is 25.6 Å². The Balaban J connectivity index is 1.52. The third-order valence-corrected chi connectivity index (χ3v) is 5.53. The minimum Gasteiger partial charge on any atom is -0.495 e. The van der Waals surface area contributed by atoms with E-state index in [1.165, 1.54) is 13.2 Å². The molecular weight excluding hydrogens is 561 g/mol. The second-order valence-electron chi connectivity index (χ2n) is 8.59. The zero-order valence-electron chi connectivity index (χ0n) is 22.5. The second-order valence-corrected chi connectivity index (χ2v) is 8.59. The van der Waals surface area contributed by atoms with E-state index in [0.717, 1.165) is 17.7 Å². The molecule has 3 aromatic rings. The quantitative estimate of drug-likeness (QED) is 0.211. The molecule has 0 heterocycles. The molecule has 14 heteroatoms. The van der Waals surface area contributed by atoms with Gasteiger partial charge in [0, 0.05) is 30.3 Å². The van der Waals surface area contributed by atoms with Crippen LogP contribution in [0.25, 0.3) is 0 Å². The summed E-state index contributed by atoms with van der Waals surface area (Å²) in [6, 6.07) is 16.4. The summed E-state index contributed by atoms with van der Waals surface area (Å²) in [6.07, 6.45) is -5.33. The smallest absolute Gasteiger partial charge is 0.495 e. The van der Waals surface area contributed by atoms with Gasteiger partial charge in [-0.1, -0.05) is 30.3 Å². The molecule has 0 unspecified atom stereocenters. The van der Waals surface area contributed by atoms with Gasteiger partial charge in [-0.2, -0.15) is 0 Å². The first-order valence-electron chi connectivity index (χ1n) is 12.5. The number of rotatable bonds is 13. The number of benzene rings is 3. The van der Waals surface area contributed by atoms with Gasteiger partial charge in [0.1, 0.15) is 23.9 Å². The number of urea groups is 1. The fourth-order valence-corrected chi connectivity index (χ4v) is 3.58. The van der Waals surface area contributed by atoms with Gasteiger partial charge in [-0.25, -0.2) is 9.59 Å². The summed E-state index contributed by atoms with van der Waals surface area (Å²) in [4.78, 5) is 35.3. The fraction of sp³-hybridized carbons (Fsp3) is 0.250. The summed E-state index contributed by atoms with van der Waals surface area (Å²) in [7, 11) is 1.31. The Morgan fingerprint density at radius 1 is 0.929 bits per heavy atom. The van der Waals surface area contributed by atoms with E-state index in [0.29, 0.717) is 29.8 Å². The third kappa shape index (κ3) is 10.4. The van der Waals surface area contributed by atoms with Gasteiger partial charge in [0.05, 0.1) is 19.4 Å². The molecule has 3 aromatic carbocycles. The summed E-state index contributed by atoms with van der Waals surface area (Å²) in [5.41, 5.74) is 6.73. The van der Waals surface area contributed by atoms with Crippen LogP contribution in [0.2, 0.25) is 0 Å². The molecule has 0 aliphatic heterocycles. The van der Waals surface area contributed by atoms with Gasteiger partial charge < -0.3 is 40.6 Å².